The predicted molar refractivity (Wildman–Crippen MR) is 44.2 cm³/mol. The molecule has 3 heteroatoms. The summed E-state index contributed by atoms with van der Waals surface area (Å²) in [5.41, 5.74) is 0.841. The van der Waals surface area contributed by atoms with E-state index in [2.05, 4.69) is 18.8 Å². The lowest BCUT2D eigenvalue weighted by Gasteiger charge is -2.03. The van der Waals surface area contributed by atoms with Gasteiger partial charge in [-0.1, -0.05) is 17.8 Å². The number of rotatable bonds is 4. The van der Waals surface area contributed by atoms with E-state index in [1.165, 1.54) is 5.37 Å². The summed E-state index contributed by atoms with van der Waals surface area (Å²) in [5, 5.41) is 9.74. The maximum atomic E-state index is 10.3. The monoisotopic (exact) mass is 158 g/mol. The molecule has 0 amide bonds. The molecule has 0 aromatic rings. The van der Waals surface area contributed by atoms with Crippen molar-refractivity contribution in [2.45, 2.75) is 13.3 Å². The van der Waals surface area contributed by atoms with Crippen LogP contribution >= 0.6 is 12.2 Å². The molecule has 0 saturated heterocycles. The Kier molecular flexibility index (Phi) is 3.88. The molecule has 56 valence electrons. The fraction of sp³-hybridized carbons (Fsp3) is 0.429. The molecule has 0 aromatic heterocycles. The number of carboxylic acid groups (broad SMARTS) is 1. The van der Waals surface area contributed by atoms with E-state index in [0.717, 1.165) is 5.57 Å². The fourth-order valence-corrected chi connectivity index (χ4v) is 0.782. The van der Waals surface area contributed by atoms with E-state index in [-0.39, 0.29) is 0 Å². The predicted octanol–water partition coefficient (Wildman–Crippen LogP) is 1.65. The summed E-state index contributed by atoms with van der Waals surface area (Å²) in [5.74, 6) is -1.43. The molecular weight excluding hydrogens is 148 g/mol. The van der Waals surface area contributed by atoms with E-state index >= 15 is 0 Å². The second-order valence-corrected chi connectivity index (χ2v) is 2.51. The second kappa shape index (κ2) is 4.17. The Balaban J connectivity index is 3.96. The zero-order valence-corrected chi connectivity index (χ0v) is 6.65. The molecule has 1 unspecified atom stereocenters. The first kappa shape index (κ1) is 9.30. The van der Waals surface area contributed by atoms with Crippen molar-refractivity contribution in [1.29, 1.82) is 0 Å². The molecule has 0 radical (unpaired) electrons. The van der Waals surface area contributed by atoms with Crippen molar-refractivity contribution in [3.63, 3.8) is 0 Å². The number of aliphatic carboxylic acids is 1. The van der Waals surface area contributed by atoms with Crippen LogP contribution in [-0.4, -0.2) is 16.4 Å². The highest BCUT2D eigenvalue weighted by Crippen LogP contribution is 2.07. The fourth-order valence-electron chi connectivity index (χ4n) is 0.569. The molecule has 1 atom stereocenters. The van der Waals surface area contributed by atoms with Crippen LogP contribution in [0.5, 0.6) is 0 Å². The zero-order chi connectivity index (χ0) is 8.15. The molecule has 0 aliphatic heterocycles. The molecule has 0 rings (SSSR count). The van der Waals surface area contributed by atoms with Crippen molar-refractivity contribution < 1.29 is 9.90 Å². The summed E-state index contributed by atoms with van der Waals surface area (Å²) in [6.07, 6.45) is 0.443. The molecule has 0 aliphatic rings. The van der Waals surface area contributed by atoms with Crippen LogP contribution in [0.3, 0.4) is 0 Å². The van der Waals surface area contributed by atoms with Crippen LogP contribution < -0.4 is 0 Å². The number of hydrogen-bond donors (Lipinski definition) is 1. The summed E-state index contributed by atoms with van der Waals surface area (Å²) in [6, 6.07) is 0. The van der Waals surface area contributed by atoms with E-state index in [1.54, 1.807) is 6.92 Å². The van der Waals surface area contributed by atoms with Gasteiger partial charge in [0, 0.05) is 0 Å². The van der Waals surface area contributed by atoms with Crippen LogP contribution in [0.2, 0.25) is 0 Å². The number of allylic oxidation sites excluding steroid dienone is 1. The summed E-state index contributed by atoms with van der Waals surface area (Å²) >= 11 is 4.52. The van der Waals surface area contributed by atoms with Gasteiger partial charge in [-0.2, -0.15) is 0 Å². The highest BCUT2D eigenvalue weighted by atomic mass is 32.1. The van der Waals surface area contributed by atoms with Gasteiger partial charge in [0.25, 0.3) is 0 Å². The first-order valence-electron chi connectivity index (χ1n) is 2.90. The molecule has 0 saturated carbocycles. The minimum Gasteiger partial charge on any atom is -0.481 e. The molecule has 10 heavy (non-hydrogen) atoms. The van der Waals surface area contributed by atoms with Gasteiger partial charge in [-0.05, 0) is 18.7 Å². The van der Waals surface area contributed by atoms with Gasteiger partial charge in [-0.3, -0.25) is 4.79 Å². The Morgan fingerprint density at radius 3 is 2.50 bits per heavy atom. The SMILES string of the molecule is C=C(C)CC(C=S)C(=O)O. The number of carboxylic acids is 1. The normalized spacial score (nSPS) is 12.1. The largest absolute Gasteiger partial charge is 0.481 e. The van der Waals surface area contributed by atoms with Gasteiger partial charge in [0.15, 0.2) is 0 Å². The Morgan fingerprint density at radius 1 is 1.90 bits per heavy atom. The topological polar surface area (TPSA) is 37.3 Å². The minimum absolute atomic E-state index is 0.443. The lowest BCUT2D eigenvalue weighted by Crippen LogP contribution is -2.13. The van der Waals surface area contributed by atoms with Gasteiger partial charge < -0.3 is 5.11 Å². The molecule has 0 heterocycles. The number of carbonyl (C=O) groups is 1. The Bertz CT molecular complexity index is 163. The lowest BCUT2D eigenvalue weighted by atomic mass is 10.0. The van der Waals surface area contributed by atoms with E-state index in [0.29, 0.717) is 6.42 Å². The molecule has 0 aromatic carbocycles. The van der Waals surface area contributed by atoms with Gasteiger partial charge >= 0.3 is 5.97 Å². The lowest BCUT2D eigenvalue weighted by molar-refractivity contribution is -0.139. The standard InChI is InChI=1S/C7H10O2S/c1-5(2)3-6(4-10)7(8)9/h4,6H,1,3H2,2H3,(H,8,9). The van der Waals surface area contributed by atoms with Gasteiger partial charge in [0.05, 0.1) is 5.92 Å². The van der Waals surface area contributed by atoms with Gasteiger partial charge in [0.1, 0.15) is 0 Å². The van der Waals surface area contributed by atoms with Gasteiger partial charge in [0.2, 0.25) is 0 Å². The molecule has 2 nitrogen and oxygen atoms in total. The Labute approximate surface area is 65.6 Å². The average molecular weight is 158 g/mol. The van der Waals surface area contributed by atoms with Crippen molar-refractivity contribution in [3.05, 3.63) is 12.2 Å². The number of hydrogen-bond acceptors (Lipinski definition) is 2. The molecule has 0 spiro atoms. The molecule has 0 aliphatic carbocycles. The first-order chi connectivity index (χ1) is 4.57. The third-order valence-corrected chi connectivity index (χ3v) is 1.38. The summed E-state index contributed by atoms with van der Waals surface area (Å²) < 4.78 is 0. The Hall–Kier alpha value is -0.700. The highest BCUT2D eigenvalue weighted by Gasteiger charge is 2.12. The zero-order valence-electron chi connectivity index (χ0n) is 5.83. The summed E-state index contributed by atoms with van der Waals surface area (Å²) in [6.45, 7) is 5.38. The van der Waals surface area contributed by atoms with Crippen LogP contribution in [0, 0.1) is 5.92 Å². The van der Waals surface area contributed by atoms with E-state index in [9.17, 15) is 4.79 Å². The van der Waals surface area contributed by atoms with E-state index in [4.69, 9.17) is 5.11 Å². The number of thiocarbonyl (C=S) groups is 1. The van der Waals surface area contributed by atoms with Crippen molar-refractivity contribution in [1.82, 2.24) is 0 Å². The molecular formula is C7H10O2S. The third kappa shape index (κ3) is 3.35. The molecule has 0 fully saturated rings. The minimum atomic E-state index is -0.877. The molecule has 0 bridgehead atoms. The van der Waals surface area contributed by atoms with Gasteiger partial charge in [-0.25, -0.2) is 0 Å². The maximum absolute atomic E-state index is 10.3. The maximum Gasteiger partial charge on any atom is 0.311 e. The highest BCUT2D eigenvalue weighted by molar-refractivity contribution is 7.79. The Morgan fingerprint density at radius 2 is 2.40 bits per heavy atom. The van der Waals surface area contributed by atoms with Crippen LogP contribution in [0.15, 0.2) is 12.2 Å². The second-order valence-electron chi connectivity index (χ2n) is 2.24. The van der Waals surface area contributed by atoms with Crippen molar-refractivity contribution >= 4 is 23.6 Å². The summed E-state index contributed by atoms with van der Waals surface area (Å²) in [7, 11) is 0. The van der Waals surface area contributed by atoms with Crippen molar-refractivity contribution in [2.75, 3.05) is 0 Å². The van der Waals surface area contributed by atoms with Crippen LogP contribution in [-0.2, 0) is 4.79 Å². The van der Waals surface area contributed by atoms with Crippen molar-refractivity contribution in [3.8, 4) is 0 Å². The van der Waals surface area contributed by atoms with Crippen LogP contribution in [0.25, 0.3) is 0 Å². The average Bonchev–Trinajstić information content (AvgIpc) is 1.81. The van der Waals surface area contributed by atoms with Crippen molar-refractivity contribution in [2.24, 2.45) is 5.92 Å². The first-order valence-corrected chi connectivity index (χ1v) is 3.37. The summed E-state index contributed by atoms with van der Waals surface area (Å²) in [4.78, 5) is 10.3. The van der Waals surface area contributed by atoms with Crippen LogP contribution in [0.4, 0.5) is 0 Å². The van der Waals surface area contributed by atoms with Gasteiger partial charge in [-0.15, -0.1) is 6.58 Å². The van der Waals surface area contributed by atoms with Crippen LogP contribution in [0.1, 0.15) is 13.3 Å². The van der Waals surface area contributed by atoms with E-state index in [1.807, 2.05) is 0 Å². The quantitative estimate of drug-likeness (QED) is 0.499. The molecule has 1 N–H and O–H groups in total. The third-order valence-electron chi connectivity index (χ3n) is 1.05. The smallest absolute Gasteiger partial charge is 0.311 e. The van der Waals surface area contributed by atoms with E-state index < -0.39 is 11.9 Å².